The van der Waals surface area contributed by atoms with Crippen molar-refractivity contribution in [3.63, 3.8) is 0 Å². The summed E-state index contributed by atoms with van der Waals surface area (Å²) >= 11 is 0. The SMILES string of the molecule is c1ccc(-c2ccc(-c3nc(-c4ccc5c(c4)oc4ccccc45)nc(-n4c5ccc6ccccc6c5c5c6c7ccccc7n(-c7cccc(-c8ccccc8)c7)c6ccc54)n3)cc2)cc1. The van der Waals surface area contributed by atoms with Crippen LogP contribution in [0.1, 0.15) is 0 Å². The zero-order valence-electron chi connectivity index (χ0n) is 36.0. The molecule has 0 aliphatic rings. The average molecular weight is 856 g/mol. The second kappa shape index (κ2) is 14.7. The minimum absolute atomic E-state index is 0.533. The first-order valence-corrected chi connectivity index (χ1v) is 22.6. The molecule has 4 aromatic heterocycles. The van der Waals surface area contributed by atoms with Gasteiger partial charge in [-0.15, -0.1) is 0 Å². The van der Waals surface area contributed by atoms with Crippen LogP contribution in [0.4, 0.5) is 0 Å². The normalized spacial score (nSPS) is 11.9. The molecule has 14 rings (SSSR count). The maximum Gasteiger partial charge on any atom is 0.238 e. The summed E-state index contributed by atoms with van der Waals surface area (Å²) in [4.78, 5) is 16.0. The minimum atomic E-state index is 0.533. The third-order valence-corrected chi connectivity index (χ3v) is 13.4. The van der Waals surface area contributed by atoms with Gasteiger partial charge in [-0.3, -0.25) is 4.57 Å². The fraction of sp³-hybridized carbons (Fsp3) is 0. The highest BCUT2D eigenvalue weighted by atomic mass is 16.3. The standard InChI is InChI=1S/C61H37N5O/c1-3-14-38(15-4-1)40-26-28-42(29-27-40)59-62-60(44-30-32-48-47-22-10-12-25-54(47)67-55(48)37-44)64-61(63-59)66-52-33-31-41-18-7-8-21-46(41)56(52)58-53(66)35-34-51-57(58)49-23-9-11-24-50(49)65(51)45-20-13-19-43(36-45)39-16-5-2-6-17-39/h1-37H. The fourth-order valence-electron chi connectivity index (χ4n) is 10.3. The van der Waals surface area contributed by atoms with Crippen molar-refractivity contribution in [2.24, 2.45) is 0 Å². The van der Waals surface area contributed by atoms with E-state index in [0.717, 1.165) is 82.7 Å². The van der Waals surface area contributed by atoms with Crippen LogP contribution in [0.15, 0.2) is 229 Å². The van der Waals surface area contributed by atoms with E-state index in [-0.39, 0.29) is 0 Å². The van der Waals surface area contributed by atoms with Crippen LogP contribution >= 0.6 is 0 Å². The molecule has 4 heterocycles. The molecule has 0 saturated heterocycles. The number of aromatic nitrogens is 5. The molecule has 0 saturated carbocycles. The number of para-hydroxylation sites is 2. The second-order valence-electron chi connectivity index (χ2n) is 17.2. The zero-order chi connectivity index (χ0) is 44.0. The van der Waals surface area contributed by atoms with E-state index in [1.807, 2.05) is 24.3 Å². The van der Waals surface area contributed by atoms with Gasteiger partial charge in [-0.1, -0.05) is 170 Å². The summed E-state index contributed by atoms with van der Waals surface area (Å²) in [6.07, 6.45) is 0. The largest absolute Gasteiger partial charge is 0.456 e. The van der Waals surface area contributed by atoms with E-state index in [9.17, 15) is 0 Å². The summed E-state index contributed by atoms with van der Waals surface area (Å²) in [5, 5.41) is 9.12. The van der Waals surface area contributed by atoms with Gasteiger partial charge in [0.25, 0.3) is 0 Å². The summed E-state index contributed by atoms with van der Waals surface area (Å²) in [7, 11) is 0. The van der Waals surface area contributed by atoms with E-state index in [1.54, 1.807) is 0 Å². The zero-order valence-corrected chi connectivity index (χ0v) is 36.0. The molecule has 0 radical (unpaired) electrons. The van der Waals surface area contributed by atoms with Crippen molar-refractivity contribution in [1.82, 2.24) is 24.1 Å². The van der Waals surface area contributed by atoms with E-state index < -0.39 is 0 Å². The number of hydrogen-bond donors (Lipinski definition) is 0. The molecular formula is C61H37N5O. The maximum atomic E-state index is 6.40. The molecule has 14 aromatic rings. The molecule has 0 aliphatic heterocycles. The summed E-state index contributed by atoms with van der Waals surface area (Å²) in [6, 6.07) is 79.2. The van der Waals surface area contributed by atoms with Gasteiger partial charge in [-0.25, -0.2) is 4.98 Å². The first-order valence-electron chi connectivity index (χ1n) is 22.6. The molecule has 6 heteroatoms. The van der Waals surface area contributed by atoms with Crippen molar-refractivity contribution in [1.29, 1.82) is 0 Å². The lowest BCUT2D eigenvalue weighted by Crippen LogP contribution is -2.06. The summed E-state index contributed by atoms with van der Waals surface area (Å²) in [5.41, 5.74) is 13.4. The molecule has 312 valence electrons. The van der Waals surface area contributed by atoms with Gasteiger partial charge in [0.05, 0.1) is 22.1 Å². The van der Waals surface area contributed by atoms with E-state index >= 15 is 0 Å². The fourth-order valence-corrected chi connectivity index (χ4v) is 10.3. The van der Waals surface area contributed by atoms with Crippen molar-refractivity contribution < 1.29 is 4.42 Å². The predicted octanol–water partition coefficient (Wildman–Crippen LogP) is 15.8. The Morgan fingerprint density at radius 1 is 0.299 bits per heavy atom. The van der Waals surface area contributed by atoms with Gasteiger partial charge in [0.15, 0.2) is 11.6 Å². The third-order valence-electron chi connectivity index (χ3n) is 13.4. The van der Waals surface area contributed by atoms with Crippen molar-refractivity contribution in [2.75, 3.05) is 0 Å². The molecule has 0 aliphatic carbocycles. The monoisotopic (exact) mass is 855 g/mol. The van der Waals surface area contributed by atoms with Crippen LogP contribution in [0, 0.1) is 0 Å². The highest BCUT2D eigenvalue weighted by molar-refractivity contribution is 6.33. The number of fused-ring (bicyclic) bond motifs is 12. The number of nitrogens with zero attached hydrogens (tertiary/aromatic N) is 5. The molecule has 0 spiro atoms. The van der Waals surface area contributed by atoms with E-state index in [4.69, 9.17) is 19.4 Å². The Morgan fingerprint density at radius 2 is 0.851 bits per heavy atom. The van der Waals surface area contributed by atoms with Crippen LogP contribution in [0.5, 0.6) is 0 Å². The molecule has 0 amide bonds. The Hall–Kier alpha value is -9.13. The smallest absolute Gasteiger partial charge is 0.238 e. The van der Waals surface area contributed by atoms with Crippen LogP contribution in [0.2, 0.25) is 0 Å². The van der Waals surface area contributed by atoms with Crippen molar-refractivity contribution >= 4 is 76.3 Å². The minimum Gasteiger partial charge on any atom is -0.456 e. The van der Waals surface area contributed by atoms with Gasteiger partial charge in [-0.05, 0) is 87.6 Å². The quantitative estimate of drug-likeness (QED) is 0.167. The number of hydrogen-bond acceptors (Lipinski definition) is 4. The summed E-state index contributed by atoms with van der Waals surface area (Å²) in [6.45, 7) is 0. The Bertz CT molecular complexity index is 4260. The van der Waals surface area contributed by atoms with E-state index in [2.05, 4.69) is 209 Å². The number of benzene rings is 10. The van der Waals surface area contributed by atoms with Gasteiger partial charge in [-0.2, -0.15) is 9.97 Å². The van der Waals surface area contributed by atoms with Crippen molar-refractivity contribution in [3.05, 3.63) is 224 Å². The summed E-state index contributed by atoms with van der Waals surface area (Å²) < 4.78 is 11.1. The maximum absolute atomic E-state index is 6.40. The first kappa shape index (κ1) is 37.3. The highest BCUT2D eigenvalue weighted by Crippen LogP contribution is 2.45. The number of rotatable bonds is 6. The Morgan fingerprint density at radius 3 is 1.66 bits per heavy atom. The van der Waals surface area contributed by atoms with Crippen LogP contribution < -0.4 is 0 Å². The van der Waals surface area contributed by atoms with Gasteiger partial charge in [0.2, 0.25) is 5.95 Å². The topological polar surface area (TPSA) is 61.7 Å². The molecule has 0 atom stereocenters. The van der Waals surface area contributed by atoms with E-state index in [1.165, 1.54) is 32.7 Å². The predicted molar refractivity (Wildman–Crippen MR) is 275 cm³/mol. The van der Waals surface area contributed by atoms with Crippen LogP contribution in [0.25, 0.3) is 133 Å². The Labute approximate surface area is 384 Å². The molecular weight excluding hydrogens is 819 g/mol. The molecule has 0 unspecified atom stereocenters. The first-order chi connectivity index (χ1) is 33.2. The molecule has 6 nitrogen and oxygen atoms in total. The Balaban J connectivity index is 1.05. The lowest BCUT2D eigenvalue weighted by molar-refractivity contribution is 0.669. The van der Waals surface area contributed by atoms with Gasteiger partial charge < -0.3 is 8.98 Å². The van der Waals surface area contributed by atoms with Crippen molar-refractivity contribution in [3.8, 4) is 56.7 Å². The molecule has 0 fully saturated rings. The van der Waals surface area contributed by atoms with Gasteiger partial charge in [0.1, 0.15) is 11.2 Å². The highest BCUT2D eigenvalue weighted by Gasteiger charge is 2.24. The molecule has 67 heavy (non-hydrogen) atoms. The molecule has 10 aromatic carbocycles. The average Bonchev–Trinajstić information content (AvgIpc) is 4.07. The molecule has 0 N–H and O–H groups in total. The lowest BCUT2D eigenvalue weighted by Gasteiger charge is -2.12. The number of furan rings is 1. The van der Waals surface area contributed by atoms with Crippen LogP contribution in [0.3, 0.4) is 0 Å². The second-order valence-corrected chi connectivity index (χ2v) is 17.2. The lowest BCUT2D eigenvalue weighted by atomic mass is 10.0. The molecule has 0 bridgehead atoms. The van der Waals surface area contributed by atoms with E-state index in [0.29, 0.717) is 17.6 Å². The third kappa shape index (κ3) is 5.86. The summed E-state index contributed by atoms with van der Waals surface area (Å²) in [5.74, 6) is 1.67. The Kier molecular flexibility index (Phi) is 8.18. The van der Waals surface area contributed by atoms with Crippen LogP contribution in [-0.2, 0) is 0 Å². The van der Waals surface area contributed by atoms with Gasteiger partial charge in [0, 0.05) is 49.1 Å². The van der Waals surface area contributed by atoms with Crippen LogP contribution in [-0.4, -0.2) is 24.1 Å². The van der Waals surface area contributed by atoms with Crippen molar-refractivity contribution in [2.45, 2.75) is 0 Å². The van der Waals surface area contributed by atoms with Gasteiger partial charge >= 0.3 is 0 Å².